The summed E-state index contributed by atoms with van der Waals surface area (Å²) in [4.78, 5) is 11.5. The molecule has 0 fully saturated rings. The van der Waals surface area contributed by atoms with Crippen molar-refractivity contribution in [1.82, 2.24) is 25.1 Å². The molecule has 2 aromatic heterocycles. The van der Waals surface area contributed by atoms with Gasteiger partial charge in [0, 0.05) is 29.3 Å². The molecule has 0 spiro atoms. The van der Waals surface area contributed by atoms with Crippen LogP contribution in [0.1, 0.15) is 12.0 Å². The lowest BCUT2D eigenvalue weighted by Gasteiger charge is -2.08. The van der Waals surface area contributed by atoms with Gasteiger partial charge < -0.3 is 19.8 Å². The minimum atomic E-state index is -4.43. The minimum Gasteiger partial charge on any atom is -0.484 e. The second-order valence-corrected chi connectivity index (χ2v) is 8.28. The van der Waals surface area contributed by atoms with Gasteiger partial charge in [0.1, 0.15) is 5.75 Å². The zero-order valence-electron chi connectivity index (χ0n) is 18.6. The molecule has 2 aromatic carbocycles. The van der Waals surface area contributed by atoms with E-state index in [0.717, 1.165) is 30.7 Å². The predicted molar refractivity (Wildman–Crippen MR) is 129 cm³/mol. The first-order valence-electron chi connectivity index (χ1n) is 10.6. The van der Waals surface area contributed by atoms with Crippen LogP contribution in [0.3, 0.4) is 0 Å². The number of alkyl halides is 3. The Morgan fingerprint density at radius 1 is 1.08 bits per heavy atom. The summed E-state index contributed by atoms with van der Waals surface area (Å²) in [5.74, 6) is 2.33. The summed E-state index contributed by atoms with van der Waals surface area (Å²) in [6.07, 6.45) is -1.15. The van der Waals surface area contributed by atoms with E-state index in [2.05, 4.69) is 30.5 Å². The van der Waals surface area contributed by atoms with Crippen LogP contribution in [0.4, 0.5) is 24.8 Å². The molecule has 13 heteroatoms. The molecule has 9 nitrogen and oxygen atoms in total. The summed E-state index contributed by atoms with van der Waals surface area (Å²) in [6, 6.07) is 13.5. The molecule has 0 saturated carbocycles. The molecule has 0 radical (unpaired) electrons. The summed E-state index contributed by atoms with van der Waals surface area (Å²) < 4.78 is 49.4. The molecule has 0 amide bonds. The van der Waals surface area contributed by atoms with Crippen molar-refractivity contribution < 1.29 is 22.6 Å². The number of hydrogen-bond acceptors (Lipinski definition) is 9. The highest BCUT2D eigenvalue weighted by Crippen LogP contribution is 2.31. The molecule has 0 aliphatic heterocycles. The lowest BCUT2D eigenvalue weighted by atomic mass is 10.2. The van der Waals surface area contributed by atoms with Gasteiger partial charge in [0.25, 0.3) is 0 Å². The fraction of sp³-hybridized carbons (Fsp3) is 0.174. The number of aromatic amines is 1. The molecule has 4 aromatic rings. The van der Waals surface area contributed by atoms with Crippen LogP contribution in [0.25, 0.3) is 11.4 Å². The van der Waals surface area contributed by atoms with E-state index in [0.29, 0.717) is 34.8 Å². The topological polar surface area (TPSA) is 122 Å². The molecule has 2 heterocycles. The van der Waals surface area contributed by atoms with Crippen molar-refractivity contribution in [3.05, 3.63) is 66.4 Å². The molecule has 36 heavy (non-hydrogen) atoms. The Labute approximate surface area is 208 Å². The molecule has 3 N–H and O–H groups in total. The fourth-order valence-corrected chi connectivity index (χ4v) is 3.71. The number of H-pyrrole nitrogens is 1. The van der Waals surface area contributed by atoms with Crippen molar-refractivity contribution in [2.75, 3.05) is 17.7 Å². The van der Waals surface area contributed by atoms with E-state index in [1.165, 1.54) is 23.9 Å². The zero-order valence-corrected chi connectivity index (χ0v) is 19.4. The van der Waals surface area contributed by atoms with Gasteiger partial charge in [0.15, 0.2) is 17.4 Å². The second kappa shape index (κ2) is 11.5. The fourth-order valence-electron chi connectivity index (χ4n) is 2.98. The number of anilines is 2. The van der Waals surface area contributed by atoms with Crippen LogP contribution >= 0.6 is 11.8 Å². The van der Waals surface area contributed by atoms with Gasteiger partial charge in [-0.05, 0) is 48.9 Å². The summed E-state index contributed by atoms with van der Waals surface area (Å²) in [5, 5.41) is 18.2. The summed E-state index contributed by atoms with van der Waals surface area (Å²) in [7, 11) is 0. The molecule has 4 rings (SSSR count). The number of hydrogen-bond donors (Lipinski definition) is 3. The van der Waals surface area contributed by atoms with Crippen LogP contribution in [0.5, 0.6) is 11.6 Å². The van der Waals surface area contributed by atoms with Crippen LogP contribution in [-0.4, -0.2) is 43.9 Å². The number of nitrogens with zero attached hydrogens (tertiary/aromatic N) is 4. The zero-order chi connectivity index (χ0) is 25.4. The van der Waals surface area contributed by atoms with Crippen LogP contribution in [0.15, 0.2) is 66.0 Å². The van der Waals surface area contributed by atoms with E-state index in [9.17, 15) is 13.2 Å². The van der Waals surface area contributed by atoms with Gasteiger partial charge in [-0.1, -0.05) is 17.8 Å². The number of ether oxygens (including phenoxy) is 2. The standard InChI is InChI=1S/C23H20F3N7O2S/c24-23(25,26)16-3-1-4-17(13-16)29-21-31-20(32-33-21)15-5-7-18(8-6-15)35-19-9-10-28-22(30-19)36-12-2-11-34-14-27/h1,3-10,13-14,27H,2,11-12H2,(H2,29,31,32,33). The number of rotatable bonds is 11. The predicted octanol–water partition coefficient (Wildman–Crippen LogP) is 5.92. The van der Waals surface area contributed by atoms with Crippen LogP contribution in [0.2, 0.25) is 0 Å². The number of benzene rings is 2. The molecular weight excluding hydrogens is 495 g/mol. The minimum absolute atomic E-state index is 0.208. The van der Waals surface area contributed by atoms with Crippen LogP contribution in [-0.2, 0) is 10.9 Å². The van der Waals surface area contributed by atoms with Gasteiger partial charge >= 0.3 is 6.18 Å². The summed E-state index contributed by atoms with van der Waals surface area (Å²) >= 11 is 1.46. The average Bonchev–Trinajstić information content (AvgIpc) is 3.33. The third-order valence-electron chi connectivity index (χ3n) is 4.62. The maximum Gasteiger partial charge on any atom is 0.416 e. The third kappa shape index (κ3) is 6.95. The molecule has 0 atom stereocenters. The van der Waals surface area contributed by atoms with Gasteiger partial charge in [-0.25, -0.2) is 4.98 Å². The number of thioether (sulfide) groups is 1. The highest BCUT2D eigenvalue weighted by molar-refractivity contribution is 7.99. The molecular formula is C23H20F3N7O2S. The lowest BCUT2D eigenvalue weighted by Crippen LogP contribution is -2.05. The van der Waals surface area contributed by atoms with Crippen molar-refractivity contribution in [3.63, 3.8) is 0 Å². The lowest BCUT2D eigenvalue weighted by molar-refractivity contribution is -0.137. The van der Waals surface area contributed by atoms with E-state index in [-0.39, 0.29) is 11.6 Å². The Bertz CT molecular complexity index is 1300. The largest absolute Gasteiger partial charge is 0.484 e. The maximum atomic E-state index is 12.9. The van der Waals surface area contributed by atoms with Crippen molar-refractivity contribution in [3.8, 4) is 23.0 Å². The van der Waals surface area contributed by atoms with E-state index in [1.807, 2.05) is 0 Å². The third-order valence-corrected chi connectivity index (χ3v) is 5.57. The van der Waals surface area contributed by atoms with Gasteiger partial charge in [0.05, 0.1) is 12.2 Å². The van der Waals surface area contributed by atoms with Gasteiger partial charge in [0.2, 0.25) is 11.8 Å². The molecule has 0 aliphatic rings. The molecule has 0 saturated heterocycles. The van der Waals surface area contributed by atoms with Crippen molar-refractivity contribution in [2.24, 2.45) is 0 Å². The monoisotopic (exact) mass is 515 g/mol. The van der Waals surface area contributed by atoms with E-state index in [4.69, 9.17) is 14.9 Å². The number of aromatic nitrogens is 5. The van der Waals surface area contributed by atoms with E-state index >= 15 is 0 Å². The Morgan fingerprint density at radius 2 is 1.92 bits per heavy atom. The van der Waals surface area contributed by atoms with Gasteiger partial charge in [-0.15, -0.1) is 10.2 Å². The Kier molecular flexibility index (Phi) is 8.00. The summed E-state index contributed by atoms with van der Waals surface area (Å²) in [6.45, 7) is 0.465. The Balaban J connectivity index is 1.36. The molecule has 0 bridgehead atoms. The quantitative estimate of drug-likeness (QED) is 0.0740. The van der Waals surface area contributed by atoms with Crippen LogP contribution in [0, 0.1) is 5.41 Å². The normalized spacial score (nSPS) is 11.2. The van der Waals surface area contributed by atoms with Crippen LogP contribution < -0.4 is 10.1 Å². The molecule has 0 unspecified atom stereocenters. The number of halogens is 3. The van der Waals surface area contributed by atoms with E-state index in [1.54, 1.807) is 36.5 Å². The first kappa shape index (κ1) is 25.0. The highest BCUT2D eigenvalue weighted by Gasteiger charge is 2.30. The van der Waals surface area contributed by atoms with Crippen molar-refractivity contribution >= 4 is 29.8 Å². The van der Waals surface area contributed by atoms with Crippen molar-refractivity contribution in [1.29, 1.82) is 5.41 Å². The molecule has 0 aliphatic carbocycles. The smallest absolute Gasteiger partial charge is 0.416 e. The number of nitrogens with one attached hydrogen (secondary N) is 3. The van der Waals surface area contributed by atoms with Gasteiger partial charge in [-0.2, -0.15) is 18.2 Å². The first-order valence-corrected chi connectivity index (χ1v) is 11.6. The second-order valence-electron chi connectivity index (χ2n) is 7.22. The SMILES string of the molecule is N=COCCCSc1nccc(Oc2ccc(-c3nnc(Nc4cccc(C(F)(F)F)c4)[nH]3)cc2)n1. The summed E-state index contributed by atoms with van der Waals surface area (Å²) in [5.41, 5.74) is 0.183. The van der Waals surface area contributed by atoms with Gasteiger partial charge in [-0.3, -0.25) is 5.41 Å². The maximum absolute atomic E-state index is 12.9. The highest BCUT2D eigenvalue weighted by atomic mass is 32.2. The van der Waals surface area contributed by atoms with E-state index < -0.39 is 11.7 Å². The van der Waals surface area contributed by atoms with Crippen molar-refractivity contribution in [2.45, 2.75) is 17.8 Å². The Morgan fingerprint density at radius 3 is 2.69 bits per heavy atom. The first-order chi connectivity index (χ1) is 17.4. The molecule has 186 valence electrons. The Hall–Kier alpha value is -4.13. The average molecular weight is 516 g/mol.